The lowest BCUT2D eigenvalue weighted by atomic mass is 10.2. The number of ether oxygens (including phenoxy) is 1. The second-order valence-corrected chi connectivity index (χ2v) is 7.29. The van der Waals surface area contributed by atoms with Gasteiger partial charge in [0, 0.05) is 37.5 Å². The minimum atomic E-state index is 0.351. The zero-order chi connectivity index (χ0) is 20.6. The van der Waals surface area contributed by atoms with E-state index in [2.05, 4.69) is 49.4 Å². The fraction of sp³-hybridized carbons (Fsp3) is 0.304. The lowest BCUT2D eigenvalue weighted by Gasteiger charge is -2.17. The van der Waals surface area contributed by atoms with Crippen molar-refractivity contribution in [2.45, 2.75) is 26.2 Å². The molecule has 1 N–H and O–H groups in total. The zero-order valence-corrected chi connectivity index (χ0v) is 17.2. The van der Waals surface area contributed by atoms with Crippen LogP contribution in [-0.4, -0.2) is 40.9 Å². The molecule has 1 fully saturated rings. The summed E-state index contributed by atoms with van der Waals surface area (Å²) in [5.41, 5.74) is 6.23. The summed E-state index contributed by atoms with van der Waals surface area (Å²) in [5, 5.41) is 4.34. The van der Waals surface area contributed by atoms with E-state index in [1.165, 1.54) is 18.4 Å². The smallest absolute Gasteiger partial charge is 0.320 e. The molecule has 0 bridgehead atoms. The lowest BCUT2D eigenvalue weighted by molar-refractivity contribution is 0.295. The van der Waals surface area contributed by atoms with E-state index in [0.29, 0.717) is 24.9 Å². The van der Waals surface area contributed by atoms with Gasteiger partial charge < -0.3 is 9.64 Å². The number of nitrogens with one attached hydrogen (secondary N) is 1. The van der Waals surface area contributed by atoms with Crippen LogP contribution in [0.2, 0.25) is 0 Å². The molecule has 0 amide bonds. The van der Waals surface area contributed by atoms with Crippen LogP contribution in [0.1, 0.15) is 29.7 Å². The molecule has 7 heteroatoms. The third-order valence-electron chi connectivity index (χ3n) is 4.87. The molecule has 3 aromatic rings. The largest absolute Gasteiger partial charge is 0.463 e. The summed E-state index contributed by atoms with van der Waals surface area (Å²) in [6.07, 6.45) is 6.62. The molecular weight excluding hydrogens is 376 g/mol. The van der Waals surface area contributed by atoms with Gasteiger partial charge in [-0.15, -0.1) is 0 Å². The first-order valence-electron chi connectivity index (χ1n) is 10.3. The highest BCUT2D eigenvalue weighted by Crippen LogP contribution is 2.23. The van der Waals surface area contributed by atoms with Gasteiger partial charge in [0.2, 0.25) is 0 Å². The van der Waals surface area contributed by atoms with Gasteiger partial charge in [0.25, 0.3) is 0 Å². The first-order valence-corrected chi connectivity index (χ1v) is 10.3. The van der Waals surface area contributed by atoms with E-state index in [4.69, 9.17) is 4.74 Å². The molecule has 154 valence electrons. The molecule has 0 spiro atoms. The minimum Gasteiger partial charge on any atom is -0.463 e. The number of hydrogen-bond donors (Lipinski definition) is 1. The SMILES string of the molecule is Cc1cccc(C=NNc2cc(N3CCCC3)nc(OCCc3ccccn3)n2)c1. The van der Waals surface area contributed by atoms with Crippen molar-refractivity contribution in [3.8, 4) is 6.01 Å². The molecule has 0 saturated carbocycles. The number of hydrazone groups is 1. The second kappa shape index (κ2) is 9.82. The van der Waals surface area contributed by atoms with E-state index in [1.807, 2.05) is 36.4 Å². The number of hydrogen-bond acceptors (Lipinski definition) is 7. The molecule has 3 heterocycles. The summed E-state index contributed by atoms with van der Waals surface area (Å²) in [6, 6.07) is 16.3. The normalized spacial score (nSPS) is 13.7. The maximum atomic E-state index is 5.85. The fourth-order valence-corrected chi connectivity index (χ4v) is 3.36. The van der Waals surface area contributed by atoms with Gasteiger partial charge in [0.05, 0.1) is 12.8 Å². The zero-order valence-electron chi connectivity index (χ0n) is 17.2. The van der Waals surface area contributed by atoms with Crippen molar-refractivity contribution < 1.29 is 4.74 Å². The number of rotatable bonds is 8. The summed E-state index contributed by atoms with van der Waals surface area (Å²) in [7, 11) is 0. The Hall–Kier alpha value is -3.48. The van der Waals surface area contributed by atoms with Crippen molar-refractivity contribution in [3.05, 3.63) is 71.5 Å². The first-order chi connectivity index (χ1) is 14.8. The molecule has 1 aliphatic rings. The van der Waals surface area contributed by atoms with Crippen LogP contribution in [0.4, 0.5) is 11.6 Å². The van der Waals surface area contributed by atoms with Gasteiger partial charge in [-0.2, -0.15) is 15.1 Å². The number of benzene rings is 1. The molecule has 1 aliphatic heterocycles. The summed E-state index contributed by atoms with van der Waals surface area (Å²) >= 11 is 0. The second-order valence-electron chi connectivity index (χ2n) is 7.29. The number of aryl methyl sites for hydroxylation is 1. The van der Waals surface area contributed by atoms with Crippen molar-refractivity contribution in [3.63, 3.8) is 0 Å². The van der Waals surface area contributed by atoms with Crippen LogP contribution in [0.25, 0.3) is 0 Å². The Labute approximate surface area is 176 Å². The van der Waals surface area contributed by atoms with Crippen LogP contribution >= 0.6 is 0 Å². The molecule has 0 atom stereocenters. The number of pyridine rings is 1. The summed E-state index contributed by atoms with van der Waals surface area (Å²) in [5.74, 6) is 1.48. The first kappa shape index (κ1) is 19.8. The molecule has 1 aromatic carbocycles. The average Bonchev–Trinajstić information content (AvgIpc) is 3.30. The molecule has 30 heavy (non-hydrogen) atoms. The highest BCUT2D eigenvalue weighted by Gasteiger charge is 2.16. The van der Waals surface area contributed by atoms with Crippen LogP contribution in [0.3, 0.4) is 0 Å². The van der Waals surface area contributed by atoms with Crippen molar-refractivity contribution in [1.82, 2.24) is 15.0 Å². The van der Waals surface area contributed by atoms with E-state index in [1.54, 1.807) is 12.4 Å². The molecule has 4 rings (SSSR count). The van der Waals surface area contributed by atoms with E-state index < -0.39 is 0 Å². The number of aromatic nitrogens is 3. The van der Waals surface area contributed by atoms with Crippen LogP contribution in [0, 0.1) is 6.92 Å². The van der Waals surface area contributed by atoms with E-state index in [-0.39, 0.29) is 0 Å². The van der Waals surface area contributed by atoms with Crippen molar-refractivity contribution in [2.24, 2.45) is 5.10 Å². The molecule has 0 aliphatic carbocycles. The number of anilines is 2. The predicted molar refractivity (Wildman–Crippen MR) is 119 cm³/mol. The molecule has 0 unspecified atom stereocenters. The van der Waals surface area contributed by atoms with Crippen LogP contribution in [0.15, 0.2) is 59.8 Å². The Morgan fingerprint density at radius 2 is 2.00 bits per heavy atom. The average molecular weight is 403 g/mol. The van der Waals surface area contributed by atoms with Gasteiger partial charge in [-0.25, -0.2) is 0 Å². The van der Waals surface area contributed by atoms with Gasteiger partial charge in [-0.3, -0.25) is 10.4 Å². The summed E-state index contributed by atoms with van der Waals surface area (Å²) in [6.45, 7) is 4.52. The standard InChI is InChI=1S/C23H26N6O/c1-18-7-6-8-19(15-18)17-25-28-21-16-22(29-12-4-5-13-29)27-23(26-21)30-14-10-20-9-2-3-11-24-20/h2-3,6-9,11,15-17H,4-5,10,12-14H2,1H3,(H,26,27,28). The van der Waals surface area contributed by atoms with Crippen molar-refractivity contribution >= 4 is 17.9 Å². The fourth-order valence-electron chi connectivity index (χ4n) is 3.36. The third-order valence-corrected chi connectivity index (χ3v) is 4.87. The Bertz CT molecular complexity index is 986. The van der Waals surface area contributed by atoms with Gasteiger partial charge in [0.15, 0.2) is 5.82 Å². The Morgan fingerprint density at radius 3 is 2.80 bits per heavy atom. The highest BCUT2D eigenvalue weighted by atomic mass is 16.5. The number of nitrogens with zero attached hydrogens (tertiary/aromatic N) is 5. The Kier molecular flexibility index (Phi) is 6.49. The molecule has 2 aromatic heterocycles. The van der Waals surface area contributed by atoms with Crippen LogP contribution in [0.5, 0.6) is 6.01 Å². The van der Waals surface area contributed by atoms with Crippen LogP contribution in [-0.2, 0) is 6.42 Å². The Morgan fingerprint density at radius 1 is 1.10 bits per heavy atom. The third kappa shape index (κ3) is 5.53. The van der Waals surface area contributed by atoms with Gasteiger partial charge in [-0.1, -0.05) is 35.9 Å². The quantitative estimate of drug-likeness (QED) is 0.456. The van der Waals surface area contributed by atoms with Gasteiger partial charge in [0.1, 0.15) is 5.82 Å². The maximum Gasteiger partial charge on any atom is 0.320 e. The van der Waals surface area contributed by atoms with Crippen LogP contribution < -0.4 is 15.1 Å². The predicted octanol–water partition coefficient (Wildman–Crippen LogP) is 3.85. The summed E-state index contributed by atoms with van der Waals surface area (Å²) < 4.78 is 5.85. The topological polar surface area (TPSA) is 75.5 Å². The van der Waals surface area contributed by atoms with Crippen molar-refractivity contribution in [1.29, 1.82) is 0 Å². The van der Waals surface area contributed by atoms with E-state index in [0.717, 1.165) is 30.2 Å². The summed E-state index contributed by atoms with van der Waals surface area (Å²) in [4.78, 5) is 15.7. The Balaban J connectivity index is 1.45. The molecular formula is C23H26N6O. The lowest BCUT2D eigenvalue weighted by Crippen LogP contribution is -2.20. The minimum absolute atomic E-state index is 0.351. The molecule has 7 nitrogen and oxygen atoms in total. The molecule has 0 radical (unpaired) electrons. The highest BCUT2D eigenvalue weighted by molar-refractivity contribution is 5.80. The van der Waals surface area contributed by atoms with Gasteiger partial charge in [-0.05, 0) is 37.5 Å². The van der Waals surface area contributed by atoms with Crippen molar-refractivity contribution in [2.75, 3.05) is 30.0 Å². The van der Waals surface area contributed by atoms with E-state index in [9.17, 15) is 0 Å². The van der Waals surface area contributed by atoms with Gasteiger partial charge >= 0.3 is 6.01 Å². The van der Waals surface area contributed by atoms with E-state index >= 15 is 0 Å². The monoisotopic (exact) mass is 402 g/mol. The molecule has 1 saturated heterocycles. The maximum absolute atomic E-state index is 5.85.